The summed E-state index contributed by atoms with van der Waals surface area (Å²) < 4.78 is 0. The minimum Gasteiger partial charge on any atom is -0.368 e. The van der Waals surface area contributed by atoms with Gasteiger partial charge in [-0.05, 0) is 32.7 Å². The molecule has 18 heavy (non-hydrogen) atoms. The fraction of sp³-hybridized carbons (Fsp3) is 0.929. The van der Waals surface area contributed by atoms with Gasteiger partial charge >= 0.3 is 0 Å². The number of nitrogens with one attached hydrogen (secondary N) is 1. The van der Waals surface area contributed by atoms with Crippen molar-refractivity contribution in [1.29, 1.82) is 0 Å². The maximum absolute atomic E-state index is 11.4. The first-order valence-electron chi connectivity index (χ1n) is 7.30. The third-order valence-corrected chi connectivity index (χ3v) is 3.77. The number of likely N-dealkylation sites (tertiary alicyclic amines) is 1. The van der Waals surface area contributed by atoms with Crippen LogP contribution in [0.4, 0.5) is 0 Å². The average Bonchev–Trinajstić information content (AvgIpc) is 2.48. The first-order valence-corrected chi connectivity index (χ1v) is 7.30. The van der Waals surface area contributed by atoms with Crippen LogP contribution in [-0.2, 0) is 4.79 Å². The van der Waals surface area contributed by atoms with Gasteiger partial charge < -0.3 is 16.0 Å². The predicted octanol–water partition coefficient (Wildman–Crippen LogP) is 1.49. The number of nitrogens with zero attached hydrogens (tertiary/aromatic N) is 1. The van der Waals surface area contributed by atoms with Crippen molar-refractivity contribution in [2.75, 3.05) is 13.1 Å². The van der Waals surface area contributed by atoms with Crippen molar-refractivity contribution in [2.24, 2.45) is 5.73 Å². The zero-order valence-corrected chi connectivity index (χ0v) is 12.1. The Morgan fingerprint density at radius 2 is 2.11 bits per heavy atom. The van der Waals surface area contributed by atoms with E-state index in [1.165, 1.54) is 25.7 Å². The van der Waals surface area contributed by atoms with E-state index in [4.69, 9.17) is 5.73 Å². The van der Waals surface area contributed by atoms with E-state index in [9.17, 15) is 4.79 Å². The molecule has 1 heterocycles. The number of nitrogens with two attached hydrogens (primary N) is 1. The molecule has 0 radical (unpaired) electrons. The molecular weight excluding hydrogens is 226 g/mol. The van der Waals surface area contributed by atoms with Crippen molar-refractivity contribution in [3.63, 3.8) is 0 Å². The number of hydrogen-bond donors (Lipinski definition) is 2. The van der Waals surface area contributed by atoms with E-state index < -0.39 is 0 Å². The average molecular weight is 255 g/mol. The van der Waals surface area contributed by atoms with Gasteiger partial charge in [0.05, 0.1) is 6.04 Å². The van der Waals surface area contributed by atoms with Gasteiger partial charge in [0.15, 0.2) is 0 Å². The molecule has 106 valence electrons. The molecule has 0 aliphatic carbocycles. The Kier molecular flexibility index (Phi) is 6.65. The van der Waals surface area contributed by atoms with Gasteiger partial charge in [-0.15, -0.1) is 0 Å². The number of hydrogen-bond acceptors (Lipinski definition) is 3. The summed E-state index contributed by atoms with van der Waals surface area (Å²) in [6.45, 7) is 8.51. The molecule has 0 bridgehead atoms. The van der Waals surface area contributed by atoms with Gasteiger partial charge in [0, 0.05) is 18.6 Å². The van der Waals surface area contributed by atoms with Crippen LogP contribution in [0.15, 0.2) is 0 Å². The smallest absolute Gasteiger partial charge is 0.234 e. The second kappa shape index (κ2) is 7.74. The summed E-state index contributed by atoms with van der Waals surface area (Å²) >= 11 is 0. The lowest BCUT2D eigenvalue weighted by Gasteiger charge is -2.28. The molecule has 4 nitrogen and oxygen atoms in total. The van der Waals surface area contributed by atoms with Crippen LogP contribution in [0.25, 0.3) is 0 Å². The van der Waals surface area contributed by atoms with Crippen LogP contribution in [0.2, 0.25) is 0 Å². The van der Waals surface area contributed by atoms with Crippen molar-refractivity contribution in [3.8, 4) is 0 Å². The van der Waals surface area contributed by atoms with E-state index in [-0.39, 0.29) is 11.9 Å². The van der Waals surface area contributed by atoms with Gasteiger partial charge in [-0.3, -0.25) is 4.79 Å². The van der Waals surface area contributed by atoms with Gasteiger partial charge in [0.2, 0.25) is 5.91 Å². The molecule has 2 atom stereocenters. The molecule has 1 fully saturated rings. The summed E-state index contributed by atoms with van der Waals surface area (Å²) in [4.78, 5) is 13.9. The van der Waals surface area contributed by atoms with E-state index in [2.05, 4.69) is 17.1 Å². The molecule has 0 spiro atoms. The van der Waals surface area contributed by atoms with Crippen LogP contribution < -0.4 is 11.1 Å². The number of amides is 1. The Morgan fingerprint density at radius 1 is 1.39 bits per heavy atom. The highest BCUT2D eigenvalue weighted by atomic mass is 16.1. The van der Waals surface area contributed by atoms with Crippen molar-refractivity contribution < 1.29 is 4.79 Å². The van der Waals surface area contributed by atoms with Crippen LogP contribution in [0, 0.1) is 0 Å². The third kappa shape index (κ3) is 5.36. The highest BCUT2D eigenvalue weighted by Crippen LogP contribution is 2.16. The minimum atomic E-state index is -0.230. The van der Waals surface area contributed by atoms with Crippen LogP contribution in [0.5, 0.6) is 0 Å². The van der Waals surface area contributed by atoms with Gasteiger partial charge in [0.25, 0.3) is 0 Å². The van der Waals surface area contributed by atoms with E-state index >= 15 is 0 Å². The molecule has 2 unspecified atom stereocenters. The molecule has 0 aromatic rings. The topological polar surface area (TPSA) is 58.4 Å². The standard InChI is InChI=1S/C14H29N3O/c1-11(2)16-13(14(15)18)8-10-17-9-6-4-5-7-12(17)3/h11-13,16H,4-10H2,1-3H3,(H2,15,18). The summed E-state index contributed by atoms with van der Waals surface area (Å²) in [7, 11) is 0. The zero-order chi connectivity index (χ0) is 13.5. The molecule has 1 rings (SSSR count). The molecule has 1 aliphatic rings. The SMILES string of the molecule is CC(C)NC(CCN1CCCCCC1C)C(N)=O. The van der Waals surface area contributed by atoms with E-state index in [1.807, 2.05) is 13.8 Å². The highest BCUT2D eigenvalue weighted by Gasteiger charge is 2.21. The number of carbonyl (C=O) groups is 1. The Balaban J connectivity index is 2.42. The summed E-state index contributed by atoms with van der Waals surface area (Å²) in [5, 5.41) is 3.25. The maximum Gasteiger partial charge on any atom is 0.234 e. The monoisotopic (exact) mass is 255 g/mol. The third-order valence-electron chi connectivity index (χ3n) is 3.77. The van der Waals surface area contributed by atoms with Crippen molar-refractivity contribution in [2.45, 2.75) is 71.0 Å². The zero-order valence-electron chi connectivity index (χ0n) is 12.1. The molecule has 1 saturated heterocycles. The normalized spacial score (nSPS) is 23.9. The Labute approximate surface area is 111 Å². The summed E-state index contributed by atoms with van der Waals surface area (Å²) in [6, 6.07) is 0.740. The van der Waals surface area contributed by atoms with Crippen LogP contribution in [0.3, 0.4) is 0 Å². The summed E-state index contributed by atoms with van der Waals surface area (Å²) in [5.41, 5.74) is 5.45. The van der Waals surface area contributed by atoms with E-state index in [1.54, 1.807) is 0 Å². The lowest BCUT2D eigenvalue weighted by Crippen LogP contribution is -2.47. The van der Waals surface area contributed by atoms with Crippen molar-refractivity contribution in [3.05, 3.63) is 0 Å². The number of primary amides is 1. The maximum atomic E-state index is 11.4. The Bertz CT molecular complexity index is 255. The van der Waals surface area contributed by atoms with E-state index in [0.717, 1.165) is 19.5 Å². The second-order valence-corrected chi connectivity index (χ2v) is 5.80. The Morgan fingerprint density at radius 3 is 2.72 bits per heavy atom. The van der Waals surface area contributed by atoms with Crippen LogP contribution in [-0.4, -0.2) is 42.0 Å². The van der Waals surface area contributed by atoms with Gasteiger partial charge in [-0.2, -0.15) is 0 Å². The lowest BCUT2D eigenvalue weighted by molar-refractivity contribution is -0.120. The quantitative estimate of drug-likeness (QED) is 0.756. The molecule has 3 N–H and O–H groups in total. The highest BCUT2D eigenvalue weighted by molar-refractivity contribution is 5.79. The van der Waals surface area contributed by atoms with Crippen molar-refractivity contribution in [1.82, 2.24) is 10.2 Å². The predicted molar refractivity (Wildman–Crippen MR) is 75.4 cm³/mol. The van der Waals surface area contributed by atoms with Gasteiger partial charge in [-0.1, -0.05) is 26.7 Å². The molecular formula is C14H29N3O. The van der Waals surface area contributed by atoms with Crippen LogP contribution in [0.1, 0.15) is 52.9 Å². The van der Waals surface area contributed by atoms with Gasteiger partial charge in [-0.25, -0.2) is 0 Å². The fourth-order valence-corrected chi connectivity index (χ4v) is 2.67. The summed E-state index contributed by atoms with van der Waals surface area (Å²) in [5.74, 6) is -0.230. The Hall–Kier alpha value is -0.610. The fourth-order valence-electron chi connectivity index (χ4n) is 2.67. The first-order chi connectivity index (χ1) is 8.50. The molecule has 4 heteroatoms. The summed E-state index contributed by atoms with van der Waals surface area (Å²) in [6.07, 6.45) is 6.05. The first kappa shape index (κ1) is 15.4. The number of rotatable bonds is 6. The molecule has 1 amide bonds. The van der Waals surface area contributed by atoms with Crippen LogP contribution >= 0.6 is 0 Å². The molecule has 0 aromatic heterocycles. The minimum absolute atomic E-state index is 0.194. The molecule has 0 aromatic carbocycles. The van der Waals surface area contributed by atoms with E-state index in [0.29, 0.717) is 12.1 Å². The van der Waals surface area contributed by atoms with Gasteiger partial charge in [0.1, 0.15) is 0 Å². The molecule has 0 saturated carbocycles. The van der Waals surface area contributed by atoms with Crippen molar-refractivity contribution >= 4 is 5.91 Å². The number of carbonyl (C=O) groups excluding carboxylic acids is 1. The molecule has 1 aliphatic heterocycles. The second-order valence-electron chi connectivity index (χ2n) is 5.80. The lowest BCUT2D eigenvalue weighted by atomic mass is 10.1. The largest absolute Gasteiger partial charge is 0.368 e.